The third-order valence-electron chi connectivity index (χ3n) is 5.06. The lowest BCUT2D eigenvalue weighted by Crippen LogP contribution is -2.27. The molecule has 0 amide bonds. The molecule has 1 heterocycles. The van der Waals surface area contributed by atoms with Crippen molar-refractivity contribution in [1.29, 1.82) is 0 Å². The number of non-ortho nitro benzene ring substituents is 1. The van der Waals surface area contributed by atoms with E-state index in [0.29, 0.717) is 22.8 Å². The van der Waals surface area contributed by atoms with E-state index in [2.05, 4.69) is 5.10 Å². The molecule has 0 atom stereocenters. The topological polar surface area (TPSA) is 174 Å². The summed E-state index contributed by atoms with van der Waals surface area (Å²) in [5.74, 6) is -0.866. The van der Waals surface area contributed by atoms with Gasteiger partial charge in [0.15, 0.2) is 11.3 Å². The third-order valence-corrected chi connectivity index (χ3v) is 5.31. The van der Waals surface area contributed by atoms with E-state index >= 15 is 0 Å². The first-order chi connectivity index (χ1) is 17.2. The third kappa shape index (κ3) is 4.58. The van der Waals surface area contributed by atoms with Crippen LogP contribution in [0.1, 0.15) is 11.1 Å². The van der Waals surface area contributed by atoms with E-state index in [-0.39, 0.29) is 5.56 Å². The van der Waals surface area contributed by atoms with E-state index in [1.807, 2.05) is 0 Å². The number of hydrogen-bond donors (Lipinski definition) is 0. The molecule has 0 unspecified atom stereocenters. The van der Waals surface area contributed by atoms with Gasteiger partial charge in [-0.2, -0.15) is 0 Å². The molecular formula is C22H13ClN6O7. The molecule has 0 aliphatic heterocycles. The minimum atomic E-state index is -1.03. The summed E-state index contributed by atoms with van der Waals surface area (Å²) in [6.45, 7) is 0. The molecule has 4 aromatic rings. The Labute approximate surface area is 206 Å². The van der Waals surface area contributed by atoms with E-state index in [0.717, 1.165) is 4.68 Å². The molecule has 1 aromatic heterocycles. The van der Waals surface area contributed by atoms with Gasteiger partial charge in [-0.25, -0.2) is 4.57 Å². The van der Waals surface area contributed by atoms with Gasteiger partial charge >= 0.3 is 0 Å². The molecule has 0 N–H and O–H groups in total. The molecule has 13 nitrogen and oxygen atoms in total. The second-order valence-electron chi connectivity index (χ2n) is 7.25. The van der Waals surface area contributed by atoms with Crippen LogP contribution in [0.4, 0.5) is 17.1 Å². The van der Waals surface area contributed by atoms with E-state index in [4.69, 9.17) is 11.6 Å². The summed E-state index contributed by atoms with van der Waals surface area (Å²) < 4.78 is 2.43. The lowest BCUT2D eigenvalue weighted by molar-refractivity contribution is -0.596. The van der Waals surface area contributed by atoms with Crippen LogP contribution in [-0.2, 0) is 0 Å². The van der Waals surface area contributed by atoms with Crippen LogP contribution in [0.5, 0.6) is 0 Å². The van der Waals surface area contributed by atoms with E-state index in [1.165, 1.54) is 41.5 Å². The smallest absolute Gasteiger partial charge is 0.294 e. The summed E-state index contributed by atoms with van der Waals surface area (Å²) in [4.78, 5) is 32.1. The van der Waals surface area contributed by atoms with Gasteiger partial charge in [0.2, 0.25) is 6.33 Å². The number of halogens is 1. The normalized spacial score (nSPS) is 11.6. The Hall–Kier alpha value is -5.17. The van der Waals surface area contributed by atoms with Crippen LogP contribution >= 0.6 is 11.6 Å². The second kappa shape index (κ2) is 9.60. The molecule has 3 aromatic carbocycles. The standard InChI is InChI=1S/C22H13ClN6O7/c23-15-8-6-14(7-9-15)22(30)21(26-13-25(12-24-26)16-4-2-1-3-5-16)20-18(28(33)34)10-17(27(31)32)11-19(20)29(35)36/h1-13H/b22-21+. The van der Waals surface area contributed by atoms with Gasteiger partial charge in [-0.15, -0.1) is 0 Å². The highest BCUT2D eigenvalue weighted by Gasteiger charge is 2.36. The number of aromatic nitrogens is 3. The second-order valence-corrected chi connectivity index (χ2v) is 7.69. The predicted octanol–water partition coefficient (Wildman–Crippen LogP) is 3.27. The molecule has 14 heteroatoms. The largest absolute Gasteiger partial charge is 0.870 e. The number of rotatable bonds is 7. The molecule has 0 aliphatic carbocycles. The first kappa shape index (κ1) is 24.0. The Balaban J connectivity index is 2.09. The van der Waals surface area contributed by atoms with Gasteiger partial charge in [0, 0.05) is 10.1 Å². The molecule has 180 valence electrons. The average molecular weight is 509 g/mol. The van der Waals surface area contributed by atoms with Gasteiger partial charge < -0.3 is 5.11 Å². The number of hydrogen-bond acceptors (Lipinski definition) is 8. The van der Waals surface area contributed by atoms with E-state index in [9.17, 15) is 35.4 Å². The van der Waals surface area contributed by atoms with Crippen LogP contribution in [0.2, 0.25) is 5.02 Å². The van der Waals surface area contributed by atoms with Gasteiger partial charge in [-0.05, 0) is 29.8 Å². The molecule has 0 saturated heterocycles. The molecule has 0 aliphatic rings. The number of nitro benzene ring substituents is 3. The molecule has 0 fully saturated rings. The van der Waals surface area contributed by atoms with Gasteiger partial charge in [-0.1, -0.05) is 52.4 Å². The van der Waals surface area contributed by atoms with Gasteiger partial charge in [0.05, 0.1) is 26.9 Å². The van der Waals surface area contributed by atoms with Crippen molar-refractivity contribution in [1.82, 2.24) is 9.78 Å². The van der Waals surface area contributed by atoms with Crippen molar-refractivity contribution >= 4 is 40.1 Å². The van der Waals surface area contributed by atoms with Crippen molar-refractivity contribution < 1.29 is 24.4 Å². The lowest BCUT2D eigenvalue weighted by atomic mass is 10.0. The van der Waals surface area contributed by atoms with Gasteiger partial charge in [0.1, 0.15) is 5.69 Å². The van der Waals surface area contributed by atoms with Gasteiger partial charge in [0.25, 0.3) is 23.4 Å². The Morgan fingerprint density at radius 2 is 1.44 bits per heavy atom. The Bertz CT molecular complexity index is 1500. The fraction of sp³-hybridized carbons (Fsp3) is 0. The molecule has 0 bridgehead atoms. The lowest BCUT2D eigenvalue weighted by Gasteiger charge is -2.16. The Morgan fingerprint density at radius 1 is 0.861 bits per heavy atom. The maximum Gasteiger partial charge on any atom is 0.294 e. The number of para-hydroxylation sites is 1. The monoisotopic (exact) mass is 508 g/mol. The van der Waals surface area contributed by atoms with Crippen molar-refractivity contribution in [2.45, 2.75) is 0 Å². The van der Waals surface area contributed by atoms with Crippen LogP contribution in [0, 0.1) is 30.3 Å². The van der Waals surface area contributed by atoms with Crippen molar-refractivity contribution in [3.63, 3.8) is 0 Å². The van der Waals surface area contributed by atoms with Crippen molar-refractivity contribution in [2.75, 3.05) is 0 Å². The summed E-state index contributed by atoms with van der Waals surface area (Å²) >= 11 is 5.90. The zero-order chi connectivity index (χ0) is 26.0. The quantitative estimate of drug-likeness (QED) is 0.120. The summed E-state index contributed by atoms with van der Waals surface area (Å²) in [5.41, 5.74) is -3.56. The zero-order valence-electron chi connectivity index (χ0n) is 17.9. The Morgan fingerprint density at radius 3 is 1.97 bits per heavy atom. The van der Waals surface area contributed by atoms with E-state index < -0.39 is 48.9 Å². The molecule has 0 saturated carbocycles. The molecular weight excluding hydrogens is 496 g/mol. The minimum Gasteiger partial charge on any atom is -0.870 e. The SMILES string of the molecule is O=[N+]([O-])c1cc([N+](=O)[O-])c(/C(=C(\[O-])c2ccc(Cl)cc2)n2c[n+](-c3ccccc3)cn2)c([N+](=O)[O-])c1. The molecule has 36 heavy (non-hydrogen) atoms. The highest BCUT2D eigenvalue weighted by Crippen LogP contribution is 2.40. The minimum absolute atomic E-state index is 0.00175. The summed E-state index contributed by atoms with van der Waals surface area (Å²) in [6, 6.07) is 15.3. The highest BCUT2D eigenvalue weighted by molar-refractivity contribution is 6.30. The van der Waals surface area contributed by atoms with Crippen LogP contribution in [-0.4, -0.2) is 24.6 Å². The van der Waals surface area contributed by atoms with Crippen molar-refractivity contribution in [3.05, 3.63) is 126 Å². The maximum atomic E-state index is 13.6. The first-order valence-corrected chi connectivity index (χ1v) is 10.4. The van der Waals surface area contributed by atoms with E-state index in [1.54, 1.807) is 30.3 Å². The number of nitro groups is 3. The summed E-state index contributed by atoms with van der Waals surface area (Å²) in [5, 5.41) is 53.2. The highest BCUT2D eigenvalue weighted by atomic mass is 35.5. The average Bonchev–Trinajstić information content (AvgIpc) is 3.34. The van der Waals surface area contributed by atoms with Crippen LogP contribution in [0.15, 0.2) is 79.4 Å². The van der Waals surface area contributed by atoms with Crippen molar-refractivity contribution in [2.24, 2.45) is 0 Å². The zero-order valence-corrected chi connectivity index (χ0v) is 18.7. The van der Waals surface area contributed by atoms with Crippen molar-refractivity contribution in [3.8, 4) is 5.69 Å². The number of nitrogens with zero attached hydrogens (tertiary/aromatic N) is 6. The fourth-order valence-corrected chi connectivity index (χ4v) is 3.57. The summed E-state index contributed by atoms with van der Waals surface area (Å²) in [6.07, 6.45) is 2.60. The predicted molar refractivity (Wildman–Crippen MR) is 124 cm³/mol. The fourth-order valence-electron chi connectivity index (χ4n) is 3.44. The Kier molecular flexibility index (Phi) is 6.39. The van der Waals surface area contributed by atoms with Crippen LogP contribution < -0.4 is 9.67 Å². The number of benzene rings is 3. The van der Waals surface area contributed by atoms with Crippen LogP contribution in [0.3, 0.4) is 0 Å². The maximum absolute atomic E-state index is 13.6. The first-order valence-electron chi connectivity index (χ1n) is 9.98. The molecule has 0 radical (unpaired) electrons. The van der Waals surface area contributed by atoms with Crippen LogP contribution in [0.25, 0.3) is 17.1 Å². The van der Waals surface area contributed by atoms with Gasteiger partial charge in [-0.3, -0.25) is 30.3 Å². The molecule has 4 rings (SSSR count). The summed E-state index contributed by atoms with van der Waals surface area (Å²) in [7, 11) is 0. The molecule has 0 spiro atoms.